The summed E-state index contributed by atoms with van der Waals surface area (Å²) in [5, 5.41) is 1.61. The minimum Gasteiger partial charge on any atom is -0.0840 e. The minimum absolute atomic E-state index is 0.161. The summed E-state index contributed by atoms with van der Waals surface area (Å²) in [6.45, 7) is 8.84. The van der Waals surface area contributed by atoms with Gasteiger partial charge in [-0.2, -0.15) is 0 Å². The smallest absolute Gasteiger partial charge is 0.0446 e. The maximum absolute atomic E-state index is 6.45. The Kier molecular flexibility index (Phi) is 5.19. The Morgan fingerprint density at radius 3 is 1.12 bits per heavy atom. The molecule has 134 valence electrons. The van der Waals surface area contributed by atoms with E-state index in [0.29, 0.717) is 0 Å². The molecule has 3 rings (SSSR count). The molecule has 0 fully saturated rings. The van der Waals surface area contributed by atoms with Crippen molar-refractivity contribution in [2.24, 2.45) is 0 Å². The predicted octanol–water partition coefficient (Wildman–Crippen LogP) is 7.65. The molecule has 0 heterocycles. The number of hydrogen-bond donors (Lipinski definition) is 0. The maximum Gasteiger partial charge on any atom is 0.0446 e. The van der Waals surface area contributed by atoms with Crippen LogP contribution >= 0.6 is 23.2 Å². The van der Waals surface area contributed by atoms with Crippen molar-refractivity contribution in [1.82, 2.24) is 0 Å². The molecule has 2 heteroatoms. The molecule has 0 aliphatic carbocycles. The van der Waals surface area contributed by atoms with Crippen molar-refractivity contribution in [3.05, 3.63) is 105 Å². The van der Waals surface area contributed by atoms with E-state index in [9.17, 15) is 0 Å². The Labute approximate surface area is 166 Å². The van der Waals surface area contributed by atoms with Crippen LogP contribution < -0.4 is 0 Å². The fourth-order valence-electron chi connectivity index (χ4n) is 3.55. The summed E-state index contributed by atoms with van der Waals surface area (Å²) in [5.41, 5.74) is 4.43. The molecule has 0 spiro atoms. The molecule has 0 aromatic heterocycles. The Bertz CT molecular complexity index is 829. The molecule has 0 N–H and O–H groups in total. The minimum atomic E-state index is -0.161. The largest absolute Gasteiger partial charge is 0.0840 e. The van der Waals surface area contributed by atoms with Gasteiger partial charge in [0.15, 0.2) is 0 Å². The molecule has 0 saturated heterocycles. The fraction of sp³-hybridized carbons (Fsp3) is 0.250. The first-order valence-electron chi connectivity index (χ1n) is 8.85. The van der Waals surface area contributed by atoms with E-state index in [1.807, 2.05) is 36.4 Å². The molecule has 3 aromatic carbocycles. The van der Waals surface area contributed by atoms with Crippen LogP contribution in [0.3, 0.4) is 0 Å². The van der Waals surface area contributed by atoms with E-state index in [2.05, 4.69) is 64.1 Å². The molecule has 0 aliphatic heterocycles. The number of hydrogen-bond acceptors (Lipinski definition) is 0. The molecule has 0 unspecified atom stereocenters. The molecule has 0 amide bonds. The SMILES string of the molecule is CC(C)(c1ccc(C(C)(C)c2ccccc2Cl)cc1)c1ccccc1Cl. The summed E-state index contributed by atoms with van der Waals surface area (Å²) in [5.74, 6) is 0. The third kappa shape index (κ3) is 3.41. The molecular weight excluding hydrogens is 359 g/mol. The quantitative estimate of drug-likeness (QED) is 0.434. The lowest BCUT2D eigenvalue weighted by Gasteiger charge is -2.30. The second-order valence-electron chi connectivity index (χ2n) is 7.79. The van der Waals surface area contributed by atoms with Gasteiger partial charge < -0.3 is 0 Å². The van der Waals surface area contributed by atoms with Crippen LogP contribution in [0.15, 0.2) is 72.8 Å². The van der Waals surface area contributed by atoms with Crippen LogP contribution in [0.2, 0.25) is 10.0 Å². The molecule has 26 heavy (non-hydrogen) atoms. The molecule has 0 saturated carbocycles. The number of rotatable bonds is 4. The first kappa shape index (κ1) is 19.0. The van der Waals surface area contributed by atoms with Gasteiger partial charge in [0, 0.05) is 20.9 Å². The highest BCUT2D eigenvalue weighted by atomic mass is 35.5. The first-order valence-corrected chi connectivity index (χ1v) is 9.61. The Morgan fingerprint density at radius 2 is 0.808 bits per heavy atom. The Balaban J connectivity index is 1.99. The van der Waals surface area contributed by atoms with Crippen molar-refractivity contribution >= 4 is 23.2 Å². The van der Waals surface area contributed by atoms with Crippen molar-refractivity contribution < 1.29 is 0 Å². The van der Waals surface area contributed by atoms with E-state index >= 15 is 0 Å². The van der Waals surface area contributed by atoms with Gasteiger partial charge in [0.25, 0.3) is 0 Å². The molecule has 0 radical (unpaired) electrons. The van der Waals surface area contributed by atoms with Crippen LogP contribution in [0.25, 0.3) is 0 Å². The highest BCUT2D eigenvalue weighted by Crippen LogP contribution is 2.39. The highest BCUT2D eigenvalue weighted by Gasteiger charge is 2.28. The van der Waals surface area contributed by atoms with Gasteiger partial charge in [-0.15, -0.1) is 0 Å². The average Bonchev–Trinajstić information content (AvgIpc) is 2.62. The second kappa shape index (κ2) is 7.10. The van der Waals surface area contributed by atoms with Gasteiger partial charge in [0.05, 0.1) is 0 Å². The van der Waals surface area contributed by atoms with Crippen LogP contribution in [0, 0.1) is 0 Å². The van der Waals surface area contributed by atoms with E-state index in [1.165, 1.54) is 11.1 Å². The zero-order chi connectivity index (χ0) is 18.9. The van der Waals surface area contributed by atoms with Crippen LogP contribution in [0.1, 0.15) is 49.9 Å². The Morgan fingerprint density at radius 1 is 0.500 bits per heavy atom. The lowest BCUT2D eigenvalue weighted by atomic mass is 9.74. The van der Waals surface area contributed by atoms with Gasteiger partial charge >= 0.3 is 0 Å². The van der Waals surface area contributed by atoms with Gasteiger partial charge in [-0.1, -0.05) is 112 Å². The normalized spacial score (nSPS) is 12.2. The van der Waals surface area contributed by atoms with Crippen LogP contribution in [0.4, 0.5) is 0 Å². The van der Waals surface area contributed by atoms with Crippen LogP contribution in [0.5, 0.6) is 0 Å². The molecule has 0 atom stereocenters. The van der Waals surface area contributed by atoms with Crippen molar-refractivity contribution in [2.75, 3.05) is 0 Å². The van der Waals surface area contributed by atoms with Gasteiger partial charge in [-0.05, 0) is 34.4 Å². The second-order valence-corrected chi connectivity index (χ2v) is 8.60. The number of benzene rings is 3. The predicted molar refractivity (Wildman–Crippen MR) is 114 cm³/mol. The third-order valence-corrected chi connectivity index (χ3v) is 6.08. The molecule has 3 aromatic rings. The molecule has 0 nitrogen and oxygen atoms in total. The summed E-state index contributed by atoms with van der Waals surface area (Å²) in [4.78, 5) is 0. The first-order chi connectivity index (χ1) is 12.2. The monoisotopic (exact) mass is 382 g/mol. The summed E-state index contributed by atoms with van der Waals surface area (Å²) in [6.07, 6.45) is 0. The standard InChI is InChI=1S/C24H24Cl2/c1-23(2,19-9-5-7-11-21(19)25)17-13-15-18(16-14-17)24(3,4)20-10-6-8-12-22(20)26/h5-16H,1-4H3. The van der Waals surface area contributed by atoms with Crippen molar-refractivity contribution in [3.8, 4) is 0 Å². The summed E-state index contributed by atoms with van der Waals surface area (Å²) < 4.78 is 0. The van der Waals surface area contributed by atoms with Crippen LogP contribution in [-0.2, 0) is 10.8 Å². The fourth-order valence-corrected chi connectivity index (χ4v) is 4.29. The highest BCUT2D eigenvalue weighted by molar-refractivity contribution is 6.31. The molecule has 0 bridgehead atoms. The van der Waals surface area contributed by atoms with Gasteiger partial charge in [0.1, 0.15) is 0 Å². The van der Waals surface area contributed by atoms with Gasteiger partial charge in [0.2, 0.25) is 0 Å². The summed E-state index contributed by atoms with van der Waals surface area (Å²) in [7, 11) is 0. The van der Waals surface area contributed by atoms with E-state index in [-0.39, 0.29) is 10.8 Å². The van der Waals surface area contributed by atoms with E-state index < -0.39 is 0 Å². The van der Waals surface area contributed by atoms with Crippen molar-refractivity contribution in [1.29, 1.82) is 0 Å². The number of halogens is 2. The average molecular weight is 383 g/mol. The molecular formula is C24H24Cl2. The van der Waals surface area contributed by atoms with Gasteiger partial charge in [-0.3, -0.25) is 0 Å². The van der Waals surface area contributed by atoms with Gasteiger partial charge in [-0.25, -0.2) is 0 Å². The lowest BCUT2D eigenvalue weighted by Crippen LogP contribution is -2.22. The lowest BCUT2D eigenvalue weighted by molar-refractivity contribution is 0.626. The zero-order valence-corrected chi connectivity index (χ0v) is 17.2. The Hall–Kier alpha value is -1.76. The molecule has 0 aliphatic rings. The van der Waals surface area contributed by atoms with E-state index in [4.69, 9.17) is 23.2 Å². The summed E-state index contributed by atoms with van der Waals surface area (Å²) >= 11 is 12.9. The van der Waals surface area contributed by atoms with Crippen molar-refractivity contribution in [2.45, 2.75) is 38.5 Å². The third-order valence-electron chi connectivity index (χ3n) is 5.42. The van der Waals surface area contributed by atoms with Crippen LogP contribution in [-0.4, -0.2) is 0 Å². The zero-order valence-electron chi connectivity index (χ0n) is 15.7. The van der Waals surface area contributed by atoms with E-state index in [0.717, 1.165) is 21.2 Å². The van der Waals surface area contributed by atoms with E-state index in [1.54, 1.807) is 0 Å². The summed E-state index contributed by atoms with van der Waals surface area (Å²) in [6, 6.07) is 24.9. The topological polar surface area (TPSA) is 0 Å². The maximum atomic E-state index is 6.45. The van der Waals surface area contributed by atoms with Crippen molar-refractivity contribution in [3.63, 3.8) is 0 Å².